The summed E-state index contributed by atoms with van der Waals surface area (Å²) in [5.74, 6) is -0.0619. The third kappa shape index (κ3) is 2.59. The second-order valence-corrected chi connectivity index (χ2v) is 7.53. The number of piperazine rings is 1. The van der Waals surface area contributed by atoms with E-state index in [0.717, 1.165) is 17.7 Å². The highest BCUT2D eigenvalue weighted by Crippen LogP contribution is 2.31. The minimum Gasteiger partial charge on any atom is -0.352 e. The number of carbonyl (C=O) groups excluding carboxylic acids is 2. The Hall–Kier alpha value is -1.36. The lowest BCUT2D eigenvalue weighted by atomic mass is 9.98. The van der Waals surface area contributed by atoms with Gasteiger partial charge < -0.3 is 10.2 Å². The number of carbonyl (C=O) groups is 2. The van der Waals surface area contributed by atoms with Crippen LogP contribution in [0.15, 0.2) is 6.07 Å². The highest BCUT2D eigenvalue weighted by molar-refractivity contribution is 7.14. The summed E-state index contributed by atoms with van der Waals surface area (Å²) in [6.07, 6.45) is 5.90. The van der Waals surface area contributed by atoms with Gasteiger partial charge in [0, 0.05) is 18.0 Å². The summed E-state index contributed by atoms with van der Waals surface area (Å²) in [6.45, 7) is 4.76. The summed E-state index contributed by atoms with van der Waals surface area (Å²) in [5.41, 5.74) is 0.580. The van der Waals surface area contributed by atoms with Crippen molar-refractivity contribution in [3.8, 4) is 0 Å². The topological polar surface area (TPSA) is 49.4 Å². The maximum atomic E-state index is 12.8. The van der Waals surface area contributed by atoms with Crippen molar-refractivity contribution in [2.75, 3.05) is 13.1 Å². The predicted octanol–water partition coefficient (Wildman–Crippen LogP) is 2.37. The van der Waals surface area contributed by atoms with Gasteiger partial charge in [-0.05, 0) is 51.2 Å². The molecule has 1 aromatic heterocycles. The molecule has 114 valence electrons. The Morgan fingerprint density at radius 2 is 2.05 bits per heavy atom. The predicted molar refractivity (Wildman–Crippen MR) is 83.7 cm³/mol. The number of hydrogen-bond acceptors (Lipinski definition) is 3. The van der Waals surface area contributed by atoms with E-state index < -0.39 is 5.54 Å². The van der Waals surface area contributed by atoms with E-state index in [1.807, 2.05) is 13.8 Å². The van der Waals surface area contributed by atoms with Crippen LogP contribution < -0.4 is 5.32 Å². The Bertz CT molecular complexity index is 553. The van der Waals surface area contributed by atoms with E-state index in [2.05, 4.69) is 11.4 Å². The summed E-state index contributed by atoms with van der Waals surface area (Å²) in [6, 6.07) is 2.07. The fraction of sp³-hybridized carbons (Fsp3) is 0.625. The lowest BCUT2D eigenvalue weighted by Gasteiger charge is -2.40. The molecule has 4 nitrogen and oxygen atoms in total. The average molecular weight is 306 g/mol. The first-order valence-electron chi connectivity index (χ1n) is 7.72. The van der Waals surface area contributed by atoms with Crippen molar-refractivity contribution in [2.24, 2.45) is 0 Å². The number of hydrogen-bond donors (Lipinski definition) is 1. The highest BCUT2D eigenvalue weighted by Gasteiger charge is 2.41. The van der Waals surface area contributed by atoms with Crippen molar-refractivity contribution < 1.29 is 9.59 Å². The fourth-order valence-electron chi connectivity index (χ4n) is 3.16. The normalized spacial score (nSPS) is 21.4. The first-order chi connectivity index (χ1) is 10.00. The molecule has 5 heteroatoms. The van der Waals surface area contributed by atoms with Crippen LogP contribution in [0.5, 0.6) is 0 Å². The summed E-state index contributed by atoms with van der Waals surface area (Å²) >= 11 is 1.63. The molecule has 2 amide bonds. The Labute approximate surface area is 129 Å². The smallest absolute Gasteiger partial charge is 0.264 e. The monoisotopic (exact) mass is 306 g/mol. The van der Waals surface area contributed by atoms with Crippen molar-refractivity contribution in [1.29, 1.82) is 0 Å². The number of nitrogens with zero attached hydrogens (tertiary/aromatic N) is 1. The van der Waals surface area contributed by atoms with Crippen molar-refractivity contribution in [1.82, 2.24) is 10.2 Å². The molecule has 0 unspecified atom stereocenters. The molecular formula is C16H22N2O2S. The lowest BCUT2D eigenvalue weighted by molar-refractivity contribution is -0.133. The molecule has 1 aromatic rings. The van der Waals surface area contributed by atoms with E-state index in [1.165, 1.54) is 29.7 Å². The van der Waals surface area contributed by atoms with Crippen molar-refractivity contribution in [2.45, 2.75) is 51.5 Å². The van der Waals surface area contributed by atoms with E-state index in [1.54, 1.807) is 16.2 Å². The zero-order valence-corrected chi connectivity index (χ0v) is 13.5. The molecule has 2 heterocycles. The molecular weight excluding hydrogens is 284 g/mol. The molecule has 3 rings (SSSR count). The summed E-state index contributed by atoms with van der Waals surface area (Å²) in [7, 11) is 0. The molecule has 1 aliphatic heterocycles. The Kier molecular flexibility index (Phi) is 3.78. The van der Waals surface area contributed by atoms with Gasteiger partial charge in [0.05, 0.1) is 4.88 Å². The molecule has 0 radical (unpaired) electrons. The van der Waals surface area contributed by atoms with Crippen molar-refractivity contribution in [3.63, 3.8) is 0 Å². The van der Waals surface area contributed by atoms with E-state index >= 15 is 0 Å². The molecule has 0 aromatic carbocycles. The lowest BCUT2D eigenvalue weighted by Crippen LogP contribution is -2.63. The van der Waals surface area contributed by atoms with Crippen molar-refractivity contribution >= 4 is 23.2 Å². The Morgan fingerprint density at radius 1 is 1.29 bits per heavy atom. The van der Waals surface area contributed by atoms with Gasteiger partial charge in [-0.2, -0.15) is 0 Å². The van der Waals surface area contributed by atoms with Crippen LogP contribution in [0.2, 0.25) is 0 Å². The Morgan fingerprint density at radius 3 is 2.86 bits per heavy atom. The largest absolute Gasteiger partial charge is 0.352 e. The minimum absolute atomic E-state index is 0.00734. The molecule has 1 N–H and O–H groups in total. The summed E-state index contributed by atoms with van der Waals surface area (Å²) in [5, 5.41) is 2.84. The second-order valence-electron chi connectivity index (χ2n) is 6.39. The van der Waals surface area contributed by atoms with Crippen LogP contribution in [0.3, 0.4) is 0 Å². The van der Waals surface area contributed by atoms with Crippen LogP contribution in [0, 0.1) is 0 Å². The molecule has 0 saturated carbocycles. The zero-order valence-electron chi connectivity index (χ0n) is 12.7. The number of rotatable bonds is 1. The van der Waals surface area contributed by atoms with Gasteiger partial charge in [0.2, 0.25) is 5.91 Å². The summed E-state index contributed by atoms with van der Waals surface area (Å²) < 4.78 is 0. The number of amides is 2. The molecule has 1 aliphatic carbocycles. The third-order valence-electron chi connectivity index (χ3n) is 4.55. The molecule has 21 heavy (non-hydrogen) atoms. The van der Waals surface area contributed by atoms with Crippen LogP contribution in [-0.2, 0) is 17.6 Å². The van der Waals surface area contributed by atoms with Crippen LogP contribution >= 0.6 is 11.3 Å². The summed E-state index contributed by atoms with van der Waals surface area (Å²) in [4.78, 5) is 28.7. The highest BCUT2D eigenvalue weighted by atomic mass is 32.1. The number of thiophene rings is 1. The number of aryl methyl sites for hydroxylation is 2. The Balaban J connectivity index is 1.86. The second kappa shape index (κ2) is 5.44. The molecule has 0 spiro atoms. The molecule has 2 aliphatic rings. The average Bonchev–Trinajstić information content (AvgIpc) is 2.72. The molecule has 0 bridgehead atoms. The minimum atomic E-state index is -0.767. The van der Waals surface area contributed by atoms with E-state index in [-0.39, 0.29) is 11.8 Å². The quantitative estimate of drug-likeness (QED) is 0.810. The van der Waals surface area contributed by atoms with Gasteiger partial charge in [0.15, 0.2) is 0 Å². The van der Waals surface area contributed by atoms with Crippen LogP contribution in [0.25, 0.3) is 0 Å². The molecule has 1 saturated heterocycles. The van der Waals surface area contributed by atoms with Gasteiger partial charge in [-0.15, -0.1) is 11.3 Å². The maximum absolute atomic E-state index is 12.8. The first kappa shape index (κ1) is 14.6. The van der Waals surface area contributed by atoms with Crippen LogP contribution in [0.4, 0.5) is 0 Å². The molecule has 1 fully saturated rings. The van der Waals surface area contributed by atoms with Gasteiger partial charge in [-0.1, -0.05) is 6.42 Å². The first-order valence-corrected chi connectivity index (χ1v) is 8.53. The molecule has 0 atom stereocenters. The van der Waals surface area contributed by atoms with E-state index in [0.29, 0.717) is 13.1 Å². The van der Waals surface area contributed by atoms with E-state index in [4.69, 9.17) is 0 Å². The van der Waals surface area contributed by atoms with Crippen LogP contribution in [0.1, 0.15) is 53.2 Å². The standard InChI is InChI=1S/C16H22N2O2S/c1-16(2)15(20)17-8-9-18(16)14(19)13-10-11-6-4-3-5-7-12(11)21-13/h10H,3-9H2,1-2H3,(H,17,20). The van der Waals surface area contributed by atoms with Gasteiger partial charge in [0.25, 0.3) is 5.91 Å². The number of fused-ring (bicyclic) bond motifs is 1. The maximum Gasteiger partial charge on any atom is 0.264 e. The number of nitrogens with one attached hydrogen (secondary N) is 1. The van der Waals surface area contributed by atoms with E-state index in [9.17, 15) is 9.59 Å². The van der Waals surface area contributed by atoms with Gasteiger partial charge >= 0.3 is 0 Å². The van der Waals surface area contributed by atoms with Crippen molar-refractivity contribution in [3.05, 3.63) is 21.4 Å². The van der Waals surface area contributed by atoms with Crippen LogP contribution in [-0.4, -0.2) is 35.3 Å². The van der Waals surface area contributed by atoms with Gasteiger partial charge in [-0.25, -0.2) is 0 Å². The third-order valence-corrected chi connectivity index (χ3v) is 5.78. The fourth-order valence-corrected chi connectivity index (χ4v) is 4.36. The van der Waals surface area contributed by atoms with Gasteiger partial charge in [-0.3, -0.25) is 9.59 Å². The SMILES string of the molecule is CC1(C)C(=O)NCCN1C(=O)c1cc2c(s1)CCCCC2. The van der Waals surface area contributed by atoms with Gasteiger partial charge in [0.1, 0.15) is 5.54 Å². The zero-order chi connectivity index (χ0) is 15.0.